The second kappa shape index (κ2) is 38.1. The van der Waals surface area contributed by atoms with E-state index in [1.165, 1.54) is 0 Å². The summed E-state index contributed by atoms with van der Waals surface area (Å²) in [4.78, 5) is 0. The number of hydrogen-bond acceptors (Lipinski definition) is 1. The third-order valence-electron chi connectivity index (χ3n) is 0. The Kier molecular flexibility index (Phi) is 490. The van der Waals surface area contributed by atoms with Gasteiger partial charge >= 0.3 is 51.4 Å². The topological polar surface area (TPSA) is 35.0 Å². The zero-order valence-corrected chi connectivity index (χ0v) is 2.90. The van der Waals surface area contributed by atoms with Crippen molar-refractivity contribution in [3.63, 3.8) is 0 Å². The fraction of sp³-hybridized carbons (Fsp3) is 0. The Balaban J connectivity index is 0. The van der Waals surface area contributed by atoms with E-state index in [9.17, 15) is 0 Å². The zero-order valence-electron chi connectivity index (χ0n) is 1.86. The molecule has 0 saturated heterocycles. The third kappa shape index (κ3) is 24.3. The van der Waals surface area contributed by atoms with Crippen LogP contribution in [0.2, 0.25) is 0 Å². The molecule has 0 heterocycles. The van der Waals surface area contributed by atoms with Gasteiger partial charge < -0.3 is 6.15 Å². The Morgan fingerprint density at radius 3 is 0.800 bits per heavy atom. The standard InChI is InChI=1S/Co.2FH.K.H3N.H/h;2*1H;;1H3;. The predicted molar refractivity (Wildman–Crippen MR) is 17.2 cm³/mol. The first-order chi connectivity index (χ1) is 0. The van der Waals surface area contributed by atoms with Crippen LogP contribution in [0.5, 0.6) is 0 Å². The van der Waals surface area contributed by atoms with Crippen LogP contribution < -0.4 is 6.15 Å². The minimum absolute atomic E-state index is 0. The van der Waals surface area contributed by atoms with Crippen molar-refractivity contribution in [2.24, 2.45) is 0 Å². The summed E-state index contributed by atoms with van der Waals surface area (Å²) >= 11 is 0. The first-order valence-corrected chi connectivity index (χ1v) is 0. The van der Waals surface area contributed by atoms with Crippen LogP contribution in [0.25, 0.3) is 0 Å². The van der Waals surface area contributed by atoms with Crippen LogP contribution in [0, 0.1) is 0 Å². The van der Waals surface area contributed by atoms with Crippen molar-refractivity contribution in [3.05, 3.63) is 0 Å². The van der Waals surface area contributed by atoms with E-state index in [4.69, 9.17) is 0 Å². The summed E-state index contributed by atoms with van der Waals surface area (Å²) in [5.74, 6) is 0. The maximum atomic E-state index is 0. The maximum absolute atomic E-state index is 0. The van der Waals surface area contributed by atoms with Gasteiger partial charge in [0.05, 0.1) is 0 Å². The van der Waals surface area contributed by atoms with E-state index < -0.39 is 0 Å². The molecule has 0 aromatic carbocycles. The van der Waals surface area contributed by atoms with E-state index in [1.807, 2.05) is 0 Å². The van der Waals surface area contributed by atoms with Crippen molar-refractivity contribution < 1.29 is 26.2 Å². The monoisotopic (exact) mass is 156 g/mol. The molecule has 1 radical (unpaired) electrons. The second-order valence-corrected chi connectivity index (χ2v) is 0. The van der Waals surface area contributed by atoms with Crippen molar-refractivity contribution in [2.75, 3.05) is 0 Å². The minimum atomic E-state index is 0. The van der Waals surface area contributed by atoms with Gasteiger partial charge in [-0.2, -0.15) is 0 Å². The van der Waals surface area contributed by atoms with Crippen molar-refractivity contribution in [1.82, 2.24) is 6.15 Å². The first-order valence-electron chi connectivity index (χ1n) is 0. The van der Waals surface area contributed by atoms with Gasteiger partial charge in [-0.15, -0.1) is 0 Å². The van der Waals surface area contributed by atoms with E-state index in [2.05, 4.69) is 0 Å². The van der Waals surface area contributed by atoms with Crippen LogP contribution in [0.3, 0.4) is 0 Å². The molecule has 5 heavy (non-hydrogen) atoms. The molecule has 0 aromatic heterocycles. The van der Waals surface area contributed by atoms with Gasteiger partial charge in [-0.1, -0.05) is 0 Å². The SMILES string of the molecule is F.F.N.[Co].[KH]. The molecule has 0 spiro atoms. The Morgan fingerprint density at radius 1 is 0.800 bits per heavy atom. The van der Waals surface area contributed by atoms with Gasteiger partial charge in [-0.3, -0.25) is 9.41 Å². The second-order valence-electron chi connectivity index (χ2n) is 0. The third-order valence-corrected chi connectivity index (χ3v) is 0. The fourth-order valence-corrected chi connectivity index (χ4v) is 0. The van der Waals surface area contributed by atoms with Gasteiger partial charge in [0.1, 0.15) is 0 Å². The summed E-state index contributed by atoms with van der Waals surface area (Å²) < 4.78 is 0. The molecular formula is H6CoF2KN. The molecule has 0 amide bonds. The van der Waals surface area contributed by atoms with Gasteiger partial charge in [-0.25, -0.2) is 0 Å². The van der Waals surface area contributed by atoms with Gasteiger partial charge in [0.25, 0.3) is 0 Å². The van der Waals surface area contributed by atoms with E-state index in [-0.39, 0.29) is 83.7 Å². The molecular weight excluding hydrogens is 150 g/mol. The molecule has 0 rings (SSSR count). The quantitative estimate of drug-likeness (QED) is 0.485. The Bertz CT molecular complexity index is 9.61. The average Bonchev–Trinajstić information content (AvgIpc) is 0. The molecule has 0 saturated carbocycles. The Hall–Kier alpha value is 1.96. The summed E-state index contributed by atoms with van der Waals surface area (Å²) in [6.45, 7) is 0. The van der Waals surface area contributed by atoms with E-state index >= 15 is 0 Å². The molecule has 1 nitrogen and oxygen atoms in total. The van der Waals surface area contributed by atoms with Gasteiger partial charge in [0.15, 0.2) is 0 Å². The van der Waals surface area contributed by atoms with Crippen molar-refractivity contribution in [3.8, 4) is 0 Å². The molecule has 0 aliphatic rings. The number of hydrogen-bond donors (Lipinski definition) is 1. The van der Waals surface area contributed by atoms with Crippen LogP contribution >= 0.6 is 0 Å². The average molecular weight is 156 g/mol. The molecule has 0 aliphatic heterocycles. The molecule has 0 atom stereocenters. The fourth-order valence-electron chi connectivity index (χ4n) is 0. The molecule has 0 aromatic rings. The molecule has 0 aliphatic carbocycles. The zero-order chi connectivity index (χ0) is 0. The van der Waals surface area contributed by atoms with Crippen molar-refractivity contribution in [2.45, 2.75) is 0 Å². The molecule has 0 bridgehead atoms. The summed E-state index contributed by atoms with van der Waals surface area (Å²) in [5.41, 5.74) is 0. The number of rotatable bonds is 0. The van der Waals surface area contributed by atoms with Crippen molar-refractivity contribution in [1.29, 1.82) is 0 Å². The summed E-state index contributed by atoms with van der Waals surface area (Å²) in [6, 6.07) is 0. The van der Waals surface area contributed by atoms with E-state index in [0.717, 1.165) is 0 Å². The Morgan fingerprint density at radius 2 is 0.800 bits per heavy atom. The van der Waals surface area contributed by atoms with Crippen LogP contribution in [-0.2, 0) is 16.8 Å². The normalized spacial score (nSPS) is 0. The molecule has 35 valence electrons. The van der Waals surface area contributed by atoms with E-state index in [0.29, 0.717) is 0 Å². The van der Waals surface area contributed by atoms with Crippen LogP contribution in [0.15, 0.2) is 0 Å². The van der Waals surface area contributed by atoms with Gasteiger partial charge in [-0.05, 0) is 0 Å². The molecule has 0 unspecified atom stereocenters. The van der Waals surface area contributed by atoms with Crippen LogP contribution in [0.4, 0.5) is 9.41 Å². The van der Waals surface area contributed by atoms with Crippen molar-refractivity contribution >= 4 is 51.4 Å². The van der Waals surface area contributed by atoms with Crippen LogP contribution in [0.1, 0.15) is 0 Å². The van der Waals surface area contributed by atoms with E-state index in [1.54, 1.807) is 0 Å². The molecule has 3 N–H and O–H groups in total. The first kappa shape index (κ1) is 64.3. The van der Waals surface area contributed by atoms with Crippen LogP contribution in [-0.4, -0.2) is 51.4 Å². The van der Waals surface area contributed by atoms with Gasteiger partial charge in [0, 0.05) is 16.8 Å². The summed E-state index contributed by atoms with van der Waals surface area (Å²) in [7, 11) is 0. The molecule has 0 fully saturated rings. The predicted octanol–water partition coefficient (Wildman–Crippen LogP) is -0.184. The number of halogens is 2. The summed E-state index contributed by atoms with van der Waals surface area (Å²) in [5, 5.41) is 0. The molecule has 5 heteroatoms. The summed E-state index contributed by atoms with van der Waals surface area (Å²) in [6.07, 6.45) is 0. The Labute approximate surface area is 82.2 Å². The van der Waals surface area contributed by atoms with Gasteiger partial charge in [0.2, 0.25) is 0 Å².